The number of hydrogen-bond donors (Lipinski definition) is 0. The van der Waals surface area contributed by atoms with E-state index in [9.17, 15) is 13.2 Å². The third-order valence-corrected chi connectivity index (χ3v) is 8.52. The largest absolute Gasteiger partial charge is 0.302 e. The van der Waals surface area contributed by atoms with Gasteiger partial charge >= 0.3 is 0 Å². The molecule has 0 fully saturated rings. The molecule has 1 amide bonds. The molecule has 0 bridgehead atoms. The van der Waals surface area contributed by atoms with Crippen LogP contribution < -0.4 is 4.90 Å². The normalized spacial score (nSPS) is 11.5. The number of thiazole rings is 1. The van der Waals surface area contributed by atoms with Crippen molar-refractivity contribution in [2.75, 3.05) is 36.8 Å². The van der Waals surface area contributed by atoms with Crippen LogP contribution >= 0.6 is 23.7 Å². The monoisotopic (exact) mass is 509 g/mol. The molecule has 0 unspecified atom stereocenters. The number of amides is 1. The van der Waals surface area contributed by atoms with Crippen LogP contribution in [0.5, 0.6) is 0 Å². The first-order valence-corrected chi connectivity index (χ1v) is 13.6. The lowest BCUT2D eigenvalue weighted by molar-refractivity contribution is 0.0983. The zero-order valence-corrected chi connectivity index (χ0v) is 22.0. The van der Waals surface area contributed by atoms with Gasteiger partial charge in [-0.2, -0.15) is 0 Å². The first-order valence-electron chi connectivity index (χ1n) is 11.1. The van der Waals surface area contributed by atoms with Gasteiger partial charge in [0.05, 0.1) is 20.9 Å². The SMILES string of the molecule is CCc1cccc2sc(N(CCN(CC)CC)C(=O)c3ccc(S(=O)(=O)CC)cc3)nc12.Cl. The van der Waals surface area contributed by atoms with Crippen LogP contribution in [0.4, 0.5) is 5.13 Å². The first-order chi connectivity index (χ1) is 15.3. The molecule has 0 radical (unpaired) electrons. The van der Waals surface area contributed by atoms with E-state index in [1.807, 2.05) is 12.1 Å². The van der Waals surface area contributed by atoms with Gasteiger partial charge in [-0.1, -0.05) is 51.2 Å². The Morgan fingerprint density at radius 1 is 0.970 bits per heavy atom. The minimum Gasteiger partial charge on any atom is -0.302 e. The van der Waals surface area contributed by atoms with Crippen molar-refractivity contribution in [1.82, 2.24) is 9.88 Å². The summed E-state index contributed by atoms with van der Waals surface area (Å²) in [5, 5.41) is 0.670. The number of carbonyl (C=O) groups is 1. The van der Waals surface area contributed by atoms with E-state index in [4.69, 9.17) is 4.98 Å². The van der Waals surface area contributed by atoms with Crippen LogP contribution in [0, 0.1) is 0 Å². The fourth-order valence-electron chi connectivity index (χ4n) is 3.59. The molecule has 33 heavy (non-hydrogen) atoms. The number of para-hydroxylation sites is 1. The van der Waals surface area contributed by atoms with Crippen LogP contribution in [0.2, 0.25) is 0 Å². The second-order valence-corrected chi connectivity index (χ2v) is 10.8. The van der Waals surface area contributed by atoms with E-state index in [0.29, 0.717) is 17.2 Å². The highest BCUT2D eigenvalue weighted by Gasteiger charge is 2.23. The smallest absolute Gasteiger partial charge is 0.260 e. The van der Waals surface area contributed by atoms with Crippen LogP contribution in [0.3, 0.4) is 0 Å². The predicted molar refractivity (Wildman–Crippen MR) is 140 cm³/mol. The maximum absolute atomic E-state index is 13.5. The van der Waals surface area contributed by atoms with Gasteiger partial charge < -0.3 is 4.90 Å². The lowest BCUT2D eigenvalue weighted by Gasteiger charge is -2.24. The standard InChI is InChI=1S/C24H31N3O3S2.ClH/c1-5-18-10-9-11-21-22(18)25-24(31-21)27(17-16-26(6-2)7-3)23(28)19-12-14-20(15-13-19)32(29,30)8-4;/h9-15H,5-8,16-17H2,1-4H3;1H. The van der Waals surface area contributed by atoms with Crippen LogP contribution in [0.15, 0.2) is 47.4 Å². The molecule has 0 aliphatic carbocycles. The molecule has 6 nitrogen and oxygen atoms in total. The predicted octanol–water partition coefficient (Wildman–Crippen LogP) is 5.06. The number of hydrogen-bond acceptors (Lipinski definition) is 6. The molecule has 1 aromatic heterocycles. The Labute approximate surface area is 207 Å². The van der Waals surface area contributed by atoms with Crippen molar-refractivity contribution < 1.29 is 13.2 Å². The molecule has 180 valence electrons. The Morgan fingerprint density at radius 2 is 1.64 bits per heavy atom. The van der Waals surface area contributed by atoms with Crippen LogP contribution in [-0.4, -0.2) is 56.1 Å². The van der Waals surface area contributed by atoms with E-state index in [-0.39, 0.29) is 29.0 Å². The van der Waals surface area contributed by atoms with Crippen molar-refractivity contribution in [2.45, 2.75) is 39.0 Å². The Bertz CT molecular complexity index is 1170. The average molecular weight is 510 g/mol. The summed E-state index contributed by atoms with van der Waals surface area (Å²) in [5.74, 6) is -0.142. The summed E-state index contributed by atoms with van der Waals surface area (Å²) in [5.41, 5.74) is 2.56. The Morgan fingerprint density at radius 3 is 2.21 bits per heavy atom. The molecule has 0 aliphatic rings. The molecule has 0 atom stereocenters. The molecular weight excluding hydrogens is 478 g/mol. The fourth-order valence-corrected chi connectivity index (χ4v) is 5.51. The number of aromatic nitrogens is 1. The summed E-state index contributed by atoms with van der Waals surface area (Å²) < 4.78 is 25.3. The van der Waals surface area contributed by atoms with E-state index in [1.165, 1.54) is 23.5 Å². The molecule has 3 aromatic rings. The molecule has 1 heterocycles. The van der Waals surface area contributed by atoms with Gasteiger partial charge in [-0.15, -0.1) is 12.4 Å². The maximum Gasteiger partial charge on any atom is 0.260 e. The van der Waals surface area contributed by atoms with Crippen molar-refractivity contribution in [3.8, 4) is 0 Å². The number of anilines is 1. The van der Waals surface area contributed by atoms with Crippen molar-refractivity contribution in [3.63, 3.8) is 0 Å². The van der Waals surface area contributed by atoms with Crippen molar-refractivity contribution in [3.05, 3.63) is 53.6 Å². The molecule has 0 saturated heterocycles. The van der Waals surface area contributed by atoms with E-state index in [0.717, 1.165) is 41.8 Å². The number of carbonyl (C=O) groups excluding carboxylic acids is 1. The lowest BCUT2D eigenvalue weighted by Crippen LogP contribution is -2.38. The average Bonchev–Trinajstić information content (AvgIpc) is 3.25. The third-order valence-electron chi connectivity index (χ3n) is 5.72. The quantitative estimate of drug-likeness (QED) is 0.382. The van der Waals surface area contributed by atoms with Crippen molar-refractivity contribution >= 4 is 54.8 Å². The first kappa shape index (κ1) is 27.2. The zero-order chi connectivity index (χ0) is 23.3. The van der Waals surface area contributed by atoms with Gasteiger partial charge in [0, 0.05) is 18.7 Å². The van der Waals surface area contributed by atoms with Gasteiger partial charge in [-0.25, -0.2) is 13.4 Å². The van der Waals surface area contributed by atoms with Crippen LogP contribution in [-0.2, 0) is 16.3 Å². The van der Waals surface area contributed by atoms with Crippen molar-refractivity contribution in [2.24, 2.45) is 0 Å². The van der Waals surface area contributed by atoms with Crippen molar-refractivity contribution in [1.29, 1.82) is 0 Å². The third kappa shape index (κ3) is 6.12. The minimum atomic E-state index is -3.31. The van der Waals surface area contributed by atoms with Gasteiger partial charge in [0.1, 0.15) is 0 Å². The highest BCUT2D eigenvalue weighted by Crippen LogP contribution is 2.32. The minimum absolute atomic E-state index is 0. The summed E-state index contributed by atoms with van der Waals surface area (Å²) >= 11 is 1.52. The number of rotatable bonds is 10. The molecule has 0 saturated carbocycles. The number of fused-ring (bicyclic) bond motifs is 1. The molecule has 0 aliphatic heterocycles. The topological polar surface area (TPSA) is 70.6 Å². The van der Waals surface area contributed by atoms with Crippen LogP contribution in [0.25, 0.3) is 10.2 Å². The summed E-state index contributed by atoms with van der Waals surface area (Å²) in [7, 11) is -3.31. The number of sulfone groups is 1. The number of halogens is 1. The van der Waals surface area contributed by atoms with E-state index in [1.54, 1.807) is 24.0 Å². The number of likely N-dealkylation sites (N-methyl/N-ethyl adjacent to an activating group) is 1. The fraction of sp³-hybridized carbons (Fsp3) is 0.417. The van der Waals surface area contributed by atoms with Gasteiger partial charge in [0.25, 0.3) is 5.91 Å². The lowest BCUT2D eigenvalue weighted by atomic mass is 10.1. The van der Waals surface area contributed by atoms with Crippen LogP contribution in [0.1, 0.15) is 43.6 Å². The summed E-state index contributed by atoms with van der Waals surface area (Å²) in [6.07, 6.45) is 0.876. The maximum atomic E-state index is 13.5. The van der Waals surface area contributed by atoms with E-state index >= 15 is 0 Å². The molecule has 9 heteroatoms. The molecule has 0 spiro atoms. The molecule has 0 N–H and O–H groups in total. The second-order valence-electron chi connectivity index (χ2n) is 7.53. The van der Waals surface area contributed by atoms with E-state index in [2.05, 4.69) is 31.7 Å². The van der Waals surface area contributed by atoms with Gasteiger partial charge in [-0.05, 0) is 55.4 Å². The summed E-state index contributed by atoms with van der Waals surface area (Å²) in [6.45, 7) is 11.0. The molecule has 2 aromatic carbocycles. The highest BCUT2D eigenvalue weighted by molar-refractivity contribution is 7.91. The second kappa shape index (κ2) is 11.9. The van der Waals surface area contributed by atoms with Gasteiger partial charge in [0.15, 0.2) is 15.0 Å². The summed E-state index contributed by atoms with van der Waals surface area (Å²) in [4.78, 5) is 22.6. The van der Waals surface area contributed by atoms with Gasteiger partial charge in [-0.3, -0.25) is 9.69 Å². The Balaban J connectivity index is 0.00000385. The van der Waals surface area contributed by atoms with E-state index < -0.39 is 9.84 Å². The Hall–Kier alpha value is -2.00. The highest BCUT2D eigenvalue weighted by atomic mass is 35.5. The number of aryl methyl sites for hydroxylation is 1. The molecule has 3 rings (SSSR count). The summed E-state index contributed by atoms with van der Waals surface area (Å²) in [6, 6.07) is 12.4. The number of nitrogens with zero attached hydrogens (tertiary/aromatic N) is 3. The van der Waals surface area contributed by atoms with Gasteiger partial charge in [0.2, 0.25) is 0 Å². The zero-order valence-electron chi connectivity index (χ0n) is 19.6. The Kier molecular flexibility index (Phi) is 9.84. The number of benzene rings is 2. The molecular formula is C24H32ClN3O3S2.